The lowest BCUT2D eigenvalue weighted by molar-refractivity contribution is 0.213. The summed E-state index contributed by atoms with van der Waals surface area (Å²) in [6.45, 7) is 3.95. The van der Waals surface area contributed by atoms with Crippen LogP contribution in [0.2, 0.25) is 0 Å². The zero-order valence-corrected chi connectivity index (χ0v) is 25.9. The molecule has 6 rings (SSSR count). The number of carbonyl (C=O) groups is 1. The normalized spacial score (nSPS) is 14.4. The minimum atomic E-state index is -3.10. The first kappa shape index (κ1) is 31.5. The molecule has 0 atom stereocenters. The SMILES string of the molecule is CC(C)n1cc(OC(=O)Nc2ccc(Oc3cc(N4CCS(=O)(=O)CC4)cn4nccc34)c(F)c2)c(=O)n(-c2ccc(F)cc2)c1=O. The van der Waals surface area contributed by atoms with E-state index in [1.165, 1.54) is 28.8 Å². The van der Waals surface area contributed by atoms with E-state index in [2.05, 4.69) is 10.4 Å². The molecule has 0 saturated carbocycles. The summed E-state index contributed by atoms with van der Waals surface area (Å²) in [4.78, 5) is 40.9. The number of hydrogen-bond donors (Lipinski definition) is 1. The summed E-state index contributed by atoms with van der Waals surface area (Å²) in [5, 5.41) is 6.59. The van der Waals surface area contributed by atoms with E-state index in [9.17, 15) is 27.2 Å². The van der Waals surface area contributed by atoms with Crippen molar-refractivity contribution in [2.45, 2.75) is 19.9 Å². The minimum Gasteiger partial charge on any atom is -0.452 e. The smallest absolute Gasteiger partial charge is 0.417 e. The monoisotopic (exact) mass is 666 g/mol. The van der Waals surface area contributed by atoms with E-state index < -0.39 is 50.6 Å². The number of halogens is 2. The molecule has 0 spiro atoms. The van der Waals surface area contributed by atoms with E-state index in [0.29, 0.717) is 11.2 Å². The molecule has 1 saturated heterocycles. The van der Waals surface area contributed by atoms with Crippen LogP contribution in [-0.4, -0.2) is 57.9 Å². The highest BCUT2D eigenvalue weighted by Gasteiger charge is 2.24. The van der Waals surface area contributed by atoms with Crippen LogP contribution in [0.15, 0.2) is 82.8 Å². The Morgan fingerprint density at radius 2 is 1.64 bits per heavy atom. The summed E-state index contributed by atoms with van der Waals surface area (Å²) in [5.41, 5.74) is -0.434. The zero-order chi connectivity index (χ0) is 33.5. The molecule has 3 aromatic heterocycles. The fourth-order valence-electron chi connectivity index (χ4n) is 5.04. The third-order valence-corrected chi connectivity index (χ3v) is 9.10. The van der Waals surface area contributed by atoms with Crippen molar-refractivity contribution < 1.29 is 31.5 Å². The van der Waals surface area contributed by atoms with Gasteiger partial charge in [-0.15, -0.1) is 0 Å². The lowest BCUT2D eigenvalue weighted by Crippen LogP contribution is -2.40. The Hall–Kier alpha value is -5.51. The van der Waals surface area contributed by atoms with Crippen molar-refractivity contribution in [1.29, 1.82) is 0 Å². The van der Waals surface area contributed by atoms with Gasteiger partial charge in [0.2, 0.25) is 5.75 Å². The number of fused-ring (bicyclic) bond motifs is 1. The highest BCUT2D eigenvalue weighted by molar-refractivity contribution is 7.91. The highest BCUT2D eigenvalue weighted by atomic mass is 32.2. The van der Waals surface area contributed by atoms with Crippen LogP contribution >= 0.6 is 0 Å². The topological polar surface area (TPSA) is 146 Å². The van der Waals surface area contributed by atoms with Crippen LogP contribution in [-0.2, 0) is 9.84 Å². The third kappa shape index (κ3) is 6.58. The number of amides is 1. The number of anilines is 2. The number of ether oxygens (including phenoxy) is 2. The number of carbonyl (C=O) groups excluding carboxylic acids is 1. The number of nitrogens with zero attached hydrogens (tertiary/aromatic N) is 5. The zero-order valence-electron chi connectivity index (χ0n) is 25.1. The number of rotatable bonds is 7. The standard InChI is InChI=1S/C31H28F2N6O7S/c1-19(2)37-18-28(29(40)39(31(37)42)22-6-3-20(32)4-7-22)46-30(41)35-21-5-8-26(24(33)15-21)45-27-16-23(17-38-25(27)9-10-34-38)36-11-13-47(43,44)14-12-36/h3-10,15-19H,11-14H2,1-2H3,(H,35,41). The average molecular weight is 667 g/mol. The van der Waals surface area contributed by atoms with Crippen molar-refractivity contribution in [2.75, 3.05) is 34.8 Å². The molecular formula is C31H28F2N6O7S. The van der Waals surface area contributed by atoms with Crippen molar-refractivity contribution in [1.82, 2.24) is 18.7 Å². The quantitative estimate of drug-likeness (QED) is 0.271. The Morgan fingerprint density at radius 1 is 0.915 bits per heavy atom. The molecule has 4 heterocycles. The first-order chi connectivity index (χ1) is 22.4. The lowest BCUT2D eigenvalue weighted by Gasteiger charge is -2.29. The van der Waals surface area contributed by atoms with Gasteiger partial charge in [0, 0.05) is 37.0 Å². The van der Waals surface area contributed by atoms with Crippen LogP contribution in [0.3, 0.4) is 0 Å². The summed E-state index contributed by atoms with van der Waals surface area (Å²) in [6, 6.07) is 11.2. The van der Waals surface area contributed by atoms with Gasteiger partial charge in [0.05, 0.1) is 41.5 Å². The predicted octanol–water partition coefficient (Wildman–Crippen LogP) is 4.14. The van der Waals surface area contributed by atoms with E-state index >= 15 is 4.39 Å². The fraction of sp³-hybridized carbons (Fsp3) is 0.226. The largest absolute Gasteiger partial charge is 0.452 e. The van der Waals surface area contributed by atoms with Crippen molar-refractivity contribution in [3.05, 3.63) is 106 Å². The molecule has 16 heteroatoms. The molecule has 244 valence electrons. The van der Waals surface area contributed by atoms with Crippen LogP contribution in [0.5, 0.6) is 17.2 Å². The average Bonchev–Trinajstić information content (AvgIpc) is 3.50. The number of pyridine rings is 1. The molecule has 13 nitrogen and oxygen atoms in total. The minimum absolute atomic E-state index is 0.0118. The Morgan fingerprint density at radius 3 is 2.32 bits per heavy atom. The molecule has 5 aromatic rings. The van der Waals surface area contributed by atoms with Crippen molar-refractivity contribution >= 4 is 32.8 Å². The number of nitrogens with one attached hydrogen (secondary N) is 1. The van der Waals surface area contributed by atoms with Gasteiger partial charge in [0.15, 0.2) is 27.2 Å². The van der Waals surface area contributed by atoms with Crippen molar-refractivity contribution in [3.63, 3.8) is 0 Å². The first-order valence-corrected chi connectivity index (χ1v) is 16.2. The van der Waals surface area contributed by atoms with Gasteiger partial charge >= 0.3 is 17.3 Å². The Labute approximate surface area is 266 Å². The van der Waals surface area contributed by atoms with Gasteiger partial charge in [0.25, 0.3) is 0 Å². The summed E-state index contributed by atoms with van der Waals surface area (Å²) in [6.07, 6.45) is 3.24. The van der Waals surface area contributed by atoms with Crippen molar-refractivity contribution in [3.8, 4) is 22.9 Å². The van der Waals surface area contributed by atoms with Gasteiger partial charge in [-0.2, -0.15) is 5.10 Å². The summed E-state index contributed by atoms with van der Waals surface area (Å²) in [7, 11) is -3.10. The van der Waals surface area contributed by atoms with Crippen LogP contribution in [0, 0.1) is 11.6 Å². The second kappa shape index (κ2) is 12.4. The van der Waals surface area contributed by atoms with E-state index in [-0.39, 0.29) is 47.5 Å². The molecule has 0 unspecified atom stereocenters. The third-order valence-electron chi connectivity index (χ3n) is 7.49. The van der Waals surface area contributed by atoms with Gasteiger partial charge in [-0.1, -0.05) is 0 Å². The molecule has 1 amide bonds. The number of sulfone groups is 1. The molecule has 0 bridgehead atoms. The fourth-order valence-corrected chi connectivity index (χ4v) is 6.24. The number of hydrogen-bond acceptors (Lipinski definition) is 9. The molecule has 47 heavy (non-hydrogen) atoms. The van der Waals surface area contributed by atoms with Crippen LogP contribution in [0.4, 0.5) is 25.0 Å². The van der Waals surface area contributed by atoms with Crippen LogP contribution in [0.25, 0.3) is 11.2 Å². The van der Waals surface area contributed by atoms with Crippen LogP contribution in [0.1, 0.15) is 19.9 Å². The Bertz CT molecular complexity index is 2220. The maximum atomic E-state index is 15.3. The molecule has 1 aliphatic heterocycles. The van der Waals surface area contributed by atoms with Crippen LogP contribution < -0.4 is 30.9 Å². The van der Waals surface area contributed by atoms with E-state index in [0.717, 1.165) is 29.0 Å². The van der Waals surface area contributed by atoms with E-state index in [1.807, 2.05) is 4.90 Å². The van der Waals surface area contributed by atoms with Gasteiger partial charge in [-0.3, -0.25) is 14.7 Å². The molecule has 0 aliphatic carbocycles. The van der Waals surface area contributed by atoms with Gasteiger partial charge in [-0.25, -0.2) is 35.9 Å². The Kier molecular flexibility index (Phi) is 8.27. The molecular weight excluding hydrogens is 638 g/mol. The predicted molar refractivity (Wildman–Crippen MR) is 169 cm³/mol. The van der Waals surface area contributed by atoms with Gasteiger partial charge in [-0.05, 0) is 56.3 Å². The maximum Gasteiger partial charge on any atom is 0.417 e. The first-order valence-electron chi connectivity index (χ1n) is 14.4. The number of benzene rings is 2. The molecule has 1 N–H and O–H groups in total. The molecule has 1 fully saturated rings. The lowest BCUT2D eigenvalue weighted by atomic mass is 10.2. The summed E-state index contributed by atoms with van der Waals surface area (Å²) >= 11 is 0. The second-order valence-electron chi connectivity index (χ2n) is 11.0. The Balaban J connectivity index is 1.21. The molecule has 0 radical (unpaired) electrons. The van der Waals surface area contributed by atoms with Gasteiger partial charge in [0.1, 0.15) is 11.3 Å². The molecule has 1 aliphatic rings. The van der Waals surface area contributed by atoms with E-state index in [4.69, 9.17) is 9.47 Å². The number of aromatic nitrogens is 4. The van der Waals surface area contributed by atoms with Gasteiger partial charge < -0.3 is 14.4 Å². The highest BCUT2D eigenvalue weighted by Crippen LogP contribution is 2.33. The molecule has 2 aromatic carbocycles. The second-order valence-corrected chi connectivity index (χ2v) is 13.3. The van der Waals surface area contributed by atoms with E-state index in [1.54, 1.807) is 42.9 Å². The summed E-state index contributed by atoms with van der Waals surface area (Å²) in [5.74, 6) is -1.77. The maximum absolute atomic E-state index is 15.3. The summed E-state index contributed by atoms with van der Waals surface area (Å²) < 4.78 is 67.2. The van der Waals surface area contributed by atoms with Crippen molar-refractivity contribution in [2.24, 2.45) is 0 Å².